The maximum atomic E-state index is 12.9. The van der Waals surface area contributed by atoms with Gasteiger partial charge in [0.05, 0.1) is 5.56 Å². The van der Waals surface area contributed by atoms with E-state index in [1.807, 2.05) is 0 Å². The van der Waals surface area contributed by atoms with Crippen molar-refractivity contribution in [3.63, 3.8) is 0 Å². The predicted octanol–water partition coefficient (Wildman–Crippen LogP) is 1.66. The molecule has 0 aliphatic heterocycles. The number of hydrogen-bond acceptors (Lipinski definition) is 2. The average Bonchev–Trinajstić information content (AvgIpc) is 2.75. The van der Waals surface area contributed by atoms with E-state index in [-0.39, 0.29) is 11.7 Å². The molecule has 0 spiro atoms. The summed E-state index contributed by atoms with van der Waals surface area (Å²) in [6, 6.07) is 5.78. The fraction of sp³-hybridized carbons (Fsp3) is 0.133. The first kappa shape index (κ1) is 13.1. The molecular weight excluding hydrogens is 245 g/mol. The summed E-state index contributed by atoms with van der Waals surface area (Å²) in [5.41, 5.74) is 1.47. The second-order valence-electron chi connectivity index (χ2n) is 4.02. The quantitative estimate of drug-likeness (QED) is 0.891. The van der Waals surface area contributed by atoms with Gasteiger partial charge >= 0.3 is 0 Å². The molecule has 0 aliphatic carbocycles. The number of furan rings is 1. The van der Waals surface area contributed by atoms with Gasteiger partial charge in [0.25, 0.3) is 5.91 Å². The lowest BCUT2D eigenvalue weighted by molar-refractivity contribution is 0.0962. The van der Waals surface area contributed by atoms with Gasteiger partial charge in [-0.2, -0.15) is 0 Å². The Morgan fingerprint density at radius 1 is 1.37 bits per heavy atom. The molecule has 0 aliphatic rings. The molecule has 0 saturated carbocycles. The van der Waals surface area contributed by atoms with Crippen molar-refractivity contribution >= 4 is 18.6 Å². The number of nitrogens with one attached hydrogen (secondary N) is 1. The first-order valence-electron chi connectivity index (χ1n) is 5.84. The van der Waals surface area contributed by atoms with Crippen molar-refractivity contribution in [2.45, 2.75) is 6.92 Å². The fourth-order valence-corrected chi connectivity index (χ4v) is 1.95. The van der Waals surface area contributed by atoms with Gasteiger partial charge in [0.2, 0.25) is 0 Å². The summed E-state index contributed by atoms with van der Waals surface area (Å²) in [6.07, 6.45) is 1.77. The molecule has 0 radical (unpaired) electrons. The molecule has 0 atom stereocenters. The molecule has 0 saturated heterocycles. The molecule has 1 amide bonds. The van der Waals surface area contributed by atoms with Crippen LogP contribution in [0.25, 0.3) is 24.0 Å². The zero-order valence-electron chi connectivity index (χ0n) is 10.8. The summed E-state index contributed by atoms with van der Waals surface area (Å²) in [5, 5.41) is 3.22. The van der Waals surface area contributed by atoms with Crippen molar-refractivity contribution in [2.75, 3.05) is 7.05 Å². The van der Waals surface area contributed by atoms with Crippen LogP contribution in [0.5, 0.6) is 0 Å². The van der Waals surface area contributed by atoms with Gasteiger partial charge in [-0.1, -0.05) is 12.7 Å². The first-order chi connectivity index (χ1) is 9.08. The molecule has 1 aromatic carbocycles. The van der Waals surface area contributed by atoms with Gasteiger partial charge < -0.3 is 9.73 Å². The van der Waals surface area contributed by atoms with E-state index < -0.39 is 0 Å². The Kier molecular flexibility index (Phi) is 3.51. The minimum atomic E-state index is -0.339. The highest BCUT2D eigenvalue weighted by molar-refractivity contribution is 5.99. The summed E-state index contributed by atoms with van der Waals surface area (Å²) < 4.78 is 18.5. The van der Waals surface area contributed by atoms with Crippen LogP contribution in [0, 0.1) is 5.82 Å². The Morgan fingerprint density at radius 2 is 2.00 bits per heavy atom. The summed E-state index contributed by atoms with van der Waals surface area (Å²) in [4.78, 5) is 12.0. The molecule has 2 rings (SSSR count). The molecule has 1 aromatic heterocycles. The minimum Gasteiger partial charge on any atom is -0.456 e. The number of carbonyl (C=O) groups excluding carboxylic acids is 1. The Bertz CT molecular complexity index is 714. The van der Waals surface area contributed by atoms with Crippen LogP contribution in [0.3, 0.4) is 0 Å². The Hall–Kier alpha value is -2.36. The second-order valence-corrected chi connectivity index (χ2v) is 4.02. The maximum Gasteiger partial charge on any atom is 0.255 e. The molecule has 19 heavy (non-hydrogen) atoms. The molecule has 1 N–H and O–H groups in total. The van der Waals surface area contributed by atoms with Crippen molar-refractivity contribution in [3.05, 3.63) is 46.3 Å². The summed E-state index contributed by atoms with van der Waals surface area (Å²) in [5.74, 6) is -0.197. The van der Waals surface area contributed by atoms with Crippen molar-refractivity contribution in [3.8, 4) is 11.3 Å². The standard InChI is InChI=1S/C15H14FNO2/c1-4-12-9(2)19-14(13(12)15(18)17-3)10-5-7-11(16)8-6-10/h4-8H,2H2,1,3H3,(H,17,18). The highest BCUT2D eigenvalue weighted by Crippen LogP contribution is 2.21. The third kappa shape index (κ3) is 2.29. The largest absolute Gasteiger partial charge is 0.456 e. The third-order valence-corrected chi connectivity index (χ3v) is 2.87. The smallest absolute Gasteiger partial charge is 0.255 e. The van der Waals surface area contributed by atoms with E-state index in [9.17, 15) is 9.18 Å². The van der Waals surface area contributed by atoms with Gasteiger partial charge in [0.15, 0.2) is 0 Å². The van der Waals surface area contributed by atoms with Crippen molar-refractivity contribution in [2.24, 2.45) is 0 Å². The van der Waals surface area contributed by atoms with E-state index in [0.717, 1.165) is 0 Å². The van der Waals surface area contributed by atoms with E-state index >= 15 is 0 Å². The number of amides is 1. The van der Waals surface area contributed by atoms with Gasteiger partial charge in [-0.05, 0) is 31.2 Å². The number of halogens is 1. The van der Waals surface area contributed by atoms with Gasteiger partial charge in [0.1, 0.15) is 17.0 Å². The van der Waals surface area contributed by atoms with E-state index in [4.69, 9.17) is 4.42 Å². The molecule has 0 unspecified atom stereocenters. The van der Waals surface area contributed by atoms with Crippen LogP contribution in [0.4, 0.5) is 4.39 Å². The lowest BCUT2D eigenvalue weighted by Gasteiger charge is -2.01. The van der Waals surface area contributed by atoms with E-state index in [2.05, 4.69) is 11.9 Å². The van der Waals surface area contributed by atoms with Gasteiger partial charge in [0, 0.05) is 17.8 Å². The molecule has 0 fully saturated rings. The number of rotatable bonds is 2. The normalized spacial score (nSPS) is 11.6. The van der Waals surface area contributed by atoms with E-state index in [1.165, 1.54) is 12.1 Å². The molecule has 98 valence electrons. The van der Waals surface area contributed by atoms with Crippen LogP contribution in [-0.4, -0.2) is 13.0 Å². The molecule has 3 nitrogen and oxygen atoms in total. The zero-order valence-corrected chi connectivity index (χ0v) is 10.8. The molecule has 4 heteroatoms. The number of hydrogen-bond donors (Lipinski definition) is 1. The van der Waals surface area contributed by atoms with Crippen LogP contribution < -0.4 is 16.0 Å². The lowest BCUT2D eigenvalue weighted by atomic mass is 10.1. The van der Waals surface area contributed by atoms with Crippen molar-refractivity contribution in [1.82, 2.24) is 5.32 Å². The average molecular weight is 259 g/mol. The Labute approximate surface area is 110 Å². The minimum absolute atomic E-state index is 0.258. The Balaban J connectivity index is 2.74. The monoisotopic (exact) mass is 259 g/mol. The topological polar surface area (TPSA) is 42.2 Å². The van der Waals surface area contributed by atoms with Gasteiger partial charge in [-0.25, -0.2) is 4.39 Å². The molecular formula is C15H14FNO2. The van der Waals surface area contributed by atoms with E-state index in [1.54, 1.807) is 32.2 Å². The molecule has 0 bridgehead atoms. The van der Waals surface area contributed by atoms with E-state index in [0.29, 0.717) is 27.5 Å². The molecule has 2 aromatic rings. The van der Waals surface area contributed by atoms with Crippen LogP contribution in [0.2, 0.25) is 0 Å². The van der Waals surface area contributed by atoms with Crippen LogP contribution in [-0.2, 0) is 0 Å². The highest BCUT2D eigenvalue weighted by Gasteiger charge is 2.18. The second kappa shape index (κ2) is 5.10. The van der Waals surface area contributed by atoms with Crippen LogP contribution in [0.15, 0.2) is 28.7 Å². The summed E-state index contributed by atoms with van der Waals surface area (Å²) >= 11 is 0. The van der Waals surface area contributed by atoms with Crippen molar-refractivity contribution in [1.29, 1.82) is 0 Å². The Morgan fingerprint density at radius 3 is 2.53 bits per heavy atom. The van der Waals surface area contributed by atoms with Crippen LogP contribution >= 0.6 is 0 Å². The lowest BCUT2D eigenvalue weighted by Crippen LogP contribution is -2.29. The predicted molar refractivity (Wildman–Crippen MR) is 72.4 cm³/mol. The SMILES string of the molecule is C=c1oc(-c2ccc(F)cc2)c(C(=O)NC)c1=CC. The van der Waals surface area contributed by atoms with Crippen LogP contribution in [0.1, 0.15) is 17.3 Å². The fourth-order valence-electron chi connectivity index (χ4n) is 1.95. The molecule has 1 heterocycles. The highest BCUT2D eigenvalue weighted by atomic mass is 19.1. The van der Waals surface area contributed by atoms with Crippen molar-refractivity contribution < 1.29 is 13.6 Å². The number of carbonyl (C=O) groups is 1. The summed E-state index contributed by atoms with van der Waals surface area (Å²) in [7, 11) is 1.55. The third-order valence-electron chi connectivity index (χ3n) is 2.87. The van der Waals surface area contributed by atoms with Gasteiger partial charge in [-0.3, -0.25) is 4.79 Å². The first-order valence-corrected chi connectivity index (χ1v) is 5.84. The zero-order chi connectivity index (χ0) is 14.0. The summed E-state index contributed by atoms with van der Waals surface area (Å²) in [6.45, 7) is 5.59. The maximum absolute atomic E-state index is 12.9. The van der Waals surface area contributed by atoms with Gasteiger partial charge in [-0.15, -0.1) is 0 Å². The number of benzene rings is 1.